The van der Waals surface area contributed by atoms with Gasteiger partial charge in [-0.25, -0.2) is 0 Å². The van der Waals surface area contributed by atoms with Crippen molar-refractivity contribution in [3.63, 3.8) is 0 Å². The molecule has 3 nitrogen and oxygen atoms in total. The van der Waals surface area contributed by atoms with Crippen LogP contribution in [-0.4, -0.2) is 29.1 Å². The maximum Gasteiger partial charge on any atom is 0.325 e. The Balaban J connectivity index is 3.18. The lowest BCUT2D eigenvalue weighted by atomic mass is 10.1. The lowest BCUT2D eigenvalue weighted by Crippen LogP contribution is -2.34. The van der Waals surface area contributed by atoms with Gasteiger partial charge in [0.1, 0.15) is 6.04 Å². The van der Waals surface area contributed by atoms with Crippen LogP contribution in [0.25, 0.3) is 0 Å². The molecule has 0 radical (unpaired) electrons. The van der Waals surface area contributed by atoms with Crippen molar-refractivity contribution in [3.8, 4) is 0 Å². The van der Waals surface area contributed by atoms with E-state index in [1.165, 1.54) is 0 Å². The molecule has 1 N–H and O–H groups in total. The Morgan fingerprint density at radius 2 is 2.06 bits per heavy atom. The minimum absolute atomic E-state index is 0.587. The Hall–Kier alpha value is -0.580. The van der Waals surface area contributed by atoms with Crippen molar-refractivity contribution in [1.29, 1.82) is 0 Å². The van der Waals surface area contributed by atoms with Crippen molar-refractivity contribution in [2.24, 2.45) is 0 Å². The summed E-state index contributed by atoms with van der Waals surface area (Å²) < 4.78 is 0.726. The molecule has 0 heterocycles. The number of hydrogen-bond donors (Lipinski definition) is 1. The lowest BCUT2D eigenvalue weighted by molar-refractivity contribution is -0.143. The van der Waals surface area contributed by atoms with E-state index in [2.05, 4.69) is 15.9 Å². The third kappa shape index (κ3) is 3.44. The summed E-state index contributed by atoms with van der Waals surface area (Å²) in [6.07, 6.45) is 0. The van der Waals surface area contributed by atoms with Gasteiger partial charge in [0.05, 0.1) is 0 Å². The quantitative estimate of drug-likeness (QED) is 0.901. The van der Waals surface area contributed by atoms with Gasteiger partial charge in [-0.2, -0.15) is 0 Å². The van der Waals surface area contributed by atoms with E-state index in [0.29, 0.717) is 18.1 Å². The molecule has 1 rings (SSSR count). The van der Waals surface area contributed by atoms with Gasteiger partial charge >= 0.3 is 5.97 Å². The first-order valence-corrected chi connectivity index (χ1v) is 6.60. The zero-order valence-electron chi connectivity index (χ0n) is 9.78. The van der Waals surface area contributed by atoms with Crippen LogP contribution in [0.2, 0.25) is 5.02 Å². The molecular formula is C12H15BrClNO2. The number of likely N-dealkylation sites (N-methyl/N-ethyl adjacent to an activating group) is 1. The molecule has 1 atom stereocenters. The van der Waals surface area contributed by atoms with Gasteiger partial charge in [-0.1, -0.05) is 47.4 Å². The van der Waals surface area contributed by atoms with E-state index < -0.39 is 12.0 Å². The summed E-state index contributed by atoms with van der Waals surface area (Å²) >= 11 is 9.23. The van der Waals surface area contributed by atoms with E-state index in [9.17, 15) is 9.90 Å². The number of nitrogens with zero attached hydrogens (tertiary/aromatic N) is 1. The number of carbonyl (C=O) groups is 1. The Labute approximate surface area is 115 Å². The van der Waals surface area contributed by atoms with E-state index in [0.717, 1.165) is 10.0 Å². The summed E-state index contributed by atoms with van der Waals surface area (Å²) in [5.74, 6) is -0.850. The SMILES string of the molecule is CCN(CC)C(C(=O)O)c1ccc(Cl)cc1Br. The third-order valence-corrected chi connectivity index (χ3v) is 3.59. The van der Waals surface area contributed by atoms with Gasteiger partial charge < -0.3 is 5.11 Å². The van der Waals surface area contributed by atoms with Crippen LogP contribution in [0.1, 0.15) is 25.5 Å². The standard InChI is InChI=1S/C12H15BrClNO2/c1-3-15(4-2)11(12(16)17)9-6-5-8(14)7-10(9)13/h5-7,11H,3-4H2,1-2H3,(H,16,17). The molecule has 0 aromatic heterocycles. The molecule has 0 spiro atoms. The number of carboxylic acids is 1. The molecule has 0 saturated heterocycles. The zero-order valence-corrected chi connectivity index (χ0v) is 12.1. The predicted octanol–water partition coefficient (Wildman–Crippen LogP) is 3.57. The average molecular weight is 321 g/mol. The summed E-state index contributed by atoms with van der Waals surface area (Å²) in [7, 11) is 0. The molecule has 1 unspecified atom stereocenters. The second-order valence-electron chi connectivity index (χ2n) is 3.63. The first-order chi connectivity index (χ1) is 8.01. The Kier molecular flexibility index (Phi) is 5.43. The molecule has 0 aliphatic carbocycles. The summed E-state index contributed by atoms with van der Waals surface area (Å²) in [4.78, 5) is 13.3. The zero-order chi connectivity index (χ0) is 13.0. The first-order valence-electron chi connectivity index (χ1n) is 5.43. The number of benzene rings is 1. The summed E-state index contributed by atoms with van der Waals surface area (Å²) in [6.45, 7) is 5.26. The van der Waals surface area contributed by atoms with Crippen LogP contribution in [0.4, 0.5) is 0 Å². The highest BCUT2D eigenvalue weighted by Gasteiger charge is 2.27. The van der Waals surface area contributed by atoms with Crippen LogP contribution >= 0.6 is 27.5 Å². The highest BCUT2D eigenvalue weighted by Crippen LogP contribution is 2.30. The highest BCUT2D eigenvalue weighted by molar-refractivity contribution is 9.10. The Morgan fingerprint density at radius 1 is 1.47 bits per heavy atom. The molecule has 0 amide bonds. The Morgan fingerprint density at radius 3 is 2.47 bits per heavy atom. The van der Waals surface area contributed by atoms with Crippen molar-refractivity contribution in [2.45, 2.75) is 19.9 Å². The first kappa shape index (κ1) is 14.5. The van der Waals surface area contributed by atoms with Gasteiger partial charge in [0, 0.05) is 9.50 Å². The number of rotatable bonds is 5. The molecule has 0 bridgehead atoms. The maximum absolute atomic E-state index is 11.4. The van der Waals surface area contributed by atoms with Crippen LogP contribution < -0.4 is 0 Å². The summed E-state index contributed by atoms with van der Waals surface area (Å²) in [5, 5.41) is 9.94. The number of aliphatic carboxylic acids is 1. The smallest absolute Gasteiger partial charge is 0.325 e. The van der Waals surface area contributed by atoms with E-state index in [1.54, 1.807) is 18.2 Å². The molecule has 0 fully saturated rings. The largest absolute Gasteiger partial charge is 0.480 e. The summed E-state index contributed by atoms with van der Waals surface area (Å²) in [6, 6.07) is 4.54. The molecule has 1 aromatic rings. The second-order valence-corrected chi connectivity index (χ2v) is 4.92. The normalized spacial score (nSPS) is 12.8. The summed E-state index contributed by atoms with van der Waals surface area (Å²) in [5.41, 5.74) is 0.727. The van der Waals surface area contributed by atoms with E-state index in [4.69, 9.17) is 11.6 Å². The van der Waals surface area contributed by atoms with Gasteiger partial charge in [-0.05, 0) is 30.8 Å². The fourth-order valence-corrected chi connectivity index (χ4v) is 2.70. The van der Waals surface area contributed by atoms with Crippen LogP contribution in [0, 0.1) is 0 Å². The van der Waals surface area contributed by atoms with Gasteiger partial charge in [0.25, 0.3) is 0 Å². The predicted molar refractivity (Wildman–Crippen MR) is 72.4 cm³/mol. The number of carboxylic acid groups (broad SMARTS) is 1. The third-order valence-electron chi connectivity index (χ3n) is 2.67. The topological polar surface area (TPSA) is 40.5 Å². The van der Waals surface area contributed by atoms with E-state index in [-0.39, 0.29) is 0 Å². The fraction of sp³-hybridized carbons (Fsp3) is 0.417. The van der Waals surface area contributed by atoms with Crippen molar-refractivity contribution >= 4 is 33.5 Å². The minimum Gasteiger partial charge on any atom is -0.480 e. The average Bonchev–Trinajstić information content (AvgIpc) is 2.26. The lowest BCUT2D eigenvalue weighted by Gasteiger charge is -2.27. The van der Waals surface area contributed by atoms with Crippen LogP contribution in [0.15, 0.2) is 22.7 Å². The van der Waals surface area contributed by atoms with Gasteiger partial charge in [-0.3, -0.25) is 9.69 Å². The van der Waals surface area contributed by atoms with Crippen LogP contribution in [0.5, 0.6) is 0 Å². The van der Waals surface area contributed by atoms with Crippen LogP contribution in [-0.2, 0) is 4.79 Å². The molecular weight excluding hydrogens is 305 g/mol. The van der Waals surface area contributed by atoms with Gasteiger partial charge in [-0.15, -0.1) is 0 Å². The monoisotopic (exact) mass is 319 g/mol. The van der Waals surface area contributed by atoms with Crippen molar-refractivity contribution in [2.75, 3.05) is 13.1 Å². The molecule has 0 aliphatic heterocycles. The second kappa shape index (κ2) is 6.38. The number of halogens is 2. The molecule has 94 valence electrons. The number of hydrogen-bond acceptors (Lipinski definition) is 2. The molecule has 5 heteroatoms. The van der Waals surface area contributed by atoms with E-state index >= 15 is 0 Å². The van der Waals surface area contributed by atoms with Crippen molar-refractivity contribution < 1.29 is 9.90 Å². The molecule has 1 aromatic carbocycles. The van der Waals surface area contributed by atoms with E-state index in [1.807, 2.05) is 18.7 Å². The molecule has 0 saturated carbocycles. The fourth-order valence-electron chi connectivity index (χ4n) is 1.80. The minimum atomic E-state index is -0.850. The van der Waals surface area contributed by atoms with Gasteiger partial charge in [0.2, 0.25) is 0 Å². The van der Waals surface area contributed by atoms with Crippen LogP contribution in [0.3, 0.4) is 0 Å². The van der Waals surface area contributed by atoms with Gasteiger partial charge in [0.15, 0.2) is 0 Å². The molecule has 17 heavy (non-hydrogen) atoms. The Bertz CT molecular complexity index is 407. The highest BCUT2D eigenvalue weighted by atomic mass is 79.9. The molecule has 0 aliphatic rings. The van der Waals surface area contributed by atoms with Crippen molar-refractivity contribution in [3.05, 3.63) is 33.3 Å². The maximum atomic E-state index is 11.4. The van der Waals surface area contributed by atoms with Crippen molar-refractivity contribution in [1.82, 2.24) is 4.90 Å².